The molecule has 0 radical (unpaired) electrons. The second-order valence-electron chi connectivity index (χ2n) is 4.66. The Balaban J connectivity index is 2.08. The molecule has 17 heavy (non-hydrogen) atoms. The van der Waals surface area contributed by atoms with E-state index in [1.165, 1.54) is 0 Å². The van der Waals surface area contributed by atoms with Gasteiger partial charge in [0.25, 0.3) is 0 Å². The predicted octanol–water partition coefficient (Wildman–Crippen LogP) is 1.31. The summed E-state index contributed by atoms with van der Waals surface area (Å²) in [5, 5.41) is 0. The van der Waals surface area contributed by atoms with E-state index in [0.29, 0.717) is 6.42 Å². The molecule has 2 aliphatic heterocycles. The van der Waals surface area contributed by atoms with E-state index >= 15 is 0 Å². The summed E-state index contributed by atoms with van der Waals surface area (Å²) >= 11 is 0. The maximum Gasteiger partial charge on any atom is 0.355 e. The van der Waals surface area contributed by atoms with E-state index in [1.807, 2.05) is 26.0 Å². The standard InChI is InChI=1S/C13H12O4/c1-6-3-7(2)10-8(4-6)5-9-11(16-10)13(15)17-12(9)14/h3-4,9,11H,5H2,1-2H3. The van der Waals surface area contributed by atoms with Crippen molar-refractivity contribution in [3.63, 3.8) is 0 Å². The maximum absolute atomic E-state index is 11.5. The number of fused-ring (bicyclic) bond motifs is 2. The number of ether oxygens (including phenoxy) is 2. The average molecular weight is 232 g/mol. The summed E-state index contributed by atoms with van der Waals surface area (Å²) in [7, 11) is 0. The van der Waals surface area contributed by atoms with Crippen LogP contribution in [0.4, 0.5) is 0 Å². The zero-order valence-corrected chi connectivity index (χ0v) is 9.65. The first-order valence-electron chi connectivity index (χ1n) is 5.58. The van der Waals surface area contributed by atoms with Crippen molar-refractivity contribution in [1.82, 2.24) is 0 Å². The van der Waals surface area contributed by atoms with Crippen molar-refractivity contribution in [2.45, 2.75) is 26.4 Å². The van der Waals surface area contributed by atoms with E-state index < -0.39 is 24.0 Å². The quantitative estimate of drug-likeness (QED) is 0.500. The van der Waals surface area contributed by atoms with Crippen LogP contribution in [0.3, 0.4) is 0 Å². The molecule has 0 spiro atoms. The van der Waals surface area contributed by atoms with Crippen LogP contribution in [0.5, 0.6) is 5.75 Å². The summed E-state index contributed by atoms with van der Waals surface area (Å²) in [6.45, 7) is 3.94. The Labute approximate surface area is 98.5 Å². The third kappa shape index (κ3) is 1.44. The van der Waals surface area contributed by atoms with Crippen molar-refractivity contribution in [3.05, 3.63) is 28.8 Å². The Morgan fingerprint density at radius 2 is 1.94 bits per heavy atom. The molecule has 0 amide bonds. The van der Waals surface area contributed by atoms with Gasteiger partial charge in [-0.3, -0.25) is 4.79 Å². The minimum absolute atomic E-state index is 0.468. The van der Waals surface area contributed by atoms with Crippen LogP contribution in [0.25, 0.3) is 0 Å². The number of aryl methyl sites for hydroxylation is 2. The van der Waals surface area contributed by atoms with Gasteiger partial charge in [0, 0.05) is 0 Å². The van der Waals surface area contributed by atoms with Crippen molar-refractivity contribution in [2.24, 2.45) is 5.92 Å². The fourth-order valence-corrected chi connectivity index (χ4v) is 2.57. The van der Waals surface area contributed by atoms with Crippen LogP contribution in [-0.4, -0.2) is 18.0 Å². The van der Waals surface area contributed by atoms with Crippen molar-refractivity contribution in [1.29, 1.82) is 0 Å². The first kappa shape index (κ1) is 10.3. The molecule has 3 rings (SSSR count). The molecule has 0 aliphatic carbocycles. The molecule has 2 unspecified atom stereocenters. The van der Waals surface area contributed by atoms with Crippen molar-refractivity contribution >= 4 is 11.9 Å². The largest absolute Gasteiger partial charge is 0.477 e. The molecular formula is C13H12O4. The number of cyclic esters (lactones) is 2. The SMILES string of the molecule is Cc1cc(C)c2c(c1)CC1C(=O)OC(=O)C1O2. The van der Waals surface area contributed by atoms with Crippen molar-refractivity contribution in [3.8, 4) is 5.75 Å². The van der Waals surface area contributed by atoms with Crippen LogP contribution in [0.15, 0.2) is 12.1 Å². The van der Waals surface area contributed by atoms with Crippen LogP contribution in [-0.2, 0) is 20.7 Å². The van der Waals surface area contributed by atoms with Crippen LogP contribution in [0.2, 0.25) is 0 Å². The third-order valence-corrected chi connectivity index (χ3v) is 3.28. The van der Waals surface area contributed by atoms with Crippen LogP contribution < -0.4 is 4.74 Å². The molecule has 4 nitrogen and oxygen atoms in total. The molecule has 0 bridgehead atoms. The Hall–Kier alpha value is -1.84. The van der Waals surface area contributed by atoms with E-state index in [0.717, 1.165) is 22.4 Å². The van der Waals surface area contributed by atoms with Gasteiger partial charge >= 0.3 is 11.9 Å². The molecule has 1 aromatic carbocycles. The third-order valence-electron chi connectivity index (χ3n) is 3.28. The highest BCUT2D eigenvalue weighted by Gasteiger charge is 2.49. The predicted molar refractivity (Wildman–Crippen MR) is 58.6 cm³/mol. The van der Waals surface area contributed by atoms with Gasteiger partial charge in [-0.15, -0.1) is 0 Å². The van der Waals surface area contributed by atoms with E-state index in [1.54, 1.807) is 0 Å². The Morgan fingerprint density at radius 1 is 1.18 bits per heavy atom. The Kier molecular flexibility index (Phi) is 2.02. The summed E-state index contributed by atoms with van der Waals surface area (Å²) in [5.41, 5.74) is 3.10. The van der Waals surface area contributed by atoms with Crippen molar-refractivity contribution < 1.29 is 19.1 Å². The first-order valence-corrected chi connectivity index (χ1v) is 5.58. The lowest BCUT2D eigenvalue weighted by molar-refractivity contribution is -0.154. The zero-order chi connectivity index (χ0) is 12.2. The normalized spacial score (nSPS) is 26.0. The Morgan fingerprint density at radius 3 is 2.71 bits per heavy atom. The lowest BCUT2D eigenvalue weighted by Crippen LogP contribution is -2.35. The highest BCUT2D eigenvalue weighted by Crippen LogP contribution is 2.37. The lowest BCUT2D eigenvalue weighted by atomic mass is 9.90. The molecule has 0 aromatic heterocycles. The van der Waals surface area contributed by atoms with Gasteiger partial charge in [0.15, 0.2) is 0 Å². The number of esters is 2. The van der Waals surface area contributed by atoms with Crippen LogP contribution in [0, 0.1) is 19.8 Å². The topological polar surface area (TPSA) is 52.6 Å². The smallest absolute Gasteiger partial charge is 0.355 e. The zero-order valence-electron chi connectivity index (χ0n) is 9.65. The van der Waals surface area contributed by atoms with Crippen molar-refractivity contribution in [2.75, 3.05) is 0 Å². The van der Waals surface area contributed by atoms with Gasteiger partial charge in [-0.1, -0.05) is 17.7 Å². The fourth-order valence-electron chi connectivity index (χ4n) is 2.57. The summed E-state index contributed by atoms with van der Waals surface area (Å²) in [5.74, 6) is -0.782. The average Bonchev–Trinajstić information content (AvgIpc) is 2.52. The summed E-state index contributed by atoms with van der Waals surface area (Å²) in [6, 6.07) is 4.00. The second-order valence-corrected chi connectivity index (χ2v) is 4.66. The van der Waals surface area contributed by atoms with Gasteiger partial charge in [0.05, 0.1) is 0 Å². The van der Waals surface area contributed by atoms with Crippen LogP contribution in [0.1, 0.15) is 16.7 Å². The second kappa shape index (κ2) is 3.32. The summed E-state index contributed by atoms with van der Waals surface area (Å²) in [4.78, 5) is 22.9. The highest BCUT2D eigenvalue weighted by atomic mass is 16.6. The molecule has 0 saturated carbocycles. The molecule has 2 heterocycles. The Bertz CT molecular complexity index is 532. The number of carbonyl (C=O) groups excluding carboxylic acids is 2. The van der Waals surface area contributed by atoms with E-state index in [9.17, 15) is 9.59 Å². The first-order chi connectivity index (χ1) is 8.06. The molecule has 88 valence electrons. The van der Waals surface area contributed by atoms with E-state index in [4.69, 9.17) is 4.74 Å². The summed E-state index contributed by atoms with van der Waals surface area (Å²) in [6.07, 6.45) is -0.232. The molecule has 0 N–H and O–H groups in total. The number of hydrogen-bond acceptors (Lipinski definition) is 4. The van der Waals surface area contributed by atoms with E-state index in [2.05, 4.69) is 4.74 Å². The number of rotatable bonds is 0. The minimum atomic E-state index is -0.753. The molecule has 1 saturated heterocycles. The highest BCUT2D eigenvalue weighted by molar-refractivity contribution is 5.98. The van der Waals surface area contributed by atoms with Gasteiger partial charge in [-0.05, 0) is 31.4 Å². The molecule has 2 aliphatic rings. The summed E-state index contributed by atoms with van der Waals surface area (Å²) < 4.78 is 10.2. The number of hydrogen-bond donors (Lipinski definition) is 0. The number of carbonyl (C=O) groups is 2. The van der Waals surface area contributed by atoms with E-state index in [-0.39, 0.29) is 0 Å². The van der Waals surface area contributed by atoms with Gasteiger partial charge in [-0.2, -0.15) is 0 Å². The maximum atomic E-state index is 11.5. The number of benzene rings is 1. The molecule has 1 fully saturated rings. The van der Waals surface area contributed by atoms with Crippen LogP contribution >= 0.6 is 0 Å². The molecular weight excluding hydrogens is 220 g/mol. The van der Waals surface area contributed by atoms with Gasteiger partial charge in [-0.25, -0.2) is 4.79 Å². The molecule has 1 aromatic rings. The molecule has 4 heteroatoms. The van der Waals surface area contributed by atoms with Gasteiger partial charge in [0.2, 0.25) is 6.10 Å². The van der Waals surface area contributed by atoms with Gasteiger partial charge < -0.3 is 9.47 Å². The monoisotopic (exact) mass is 232 g/mol. The fraction of sp³-hybridized carbons (Fsp3) is 0.385. The van der Waals surface area contributed by atoms with Gasteiger partial charge in [0.1, 0.15) is 11.7 Å². The lowest BCUT2D eigenvalue weighted by Gasteiger charge is -2.26. The minimum Gasteiger partial charge on any atom is -0.477 e. The molecule has 2 atom stereocenters.